The third kappa shape index (κ3) is 3.39. The zero-order valence-corrected chi connectivity index (χ0v) is 17.3. The number of carbonyl (C=O) groups excluding carboxylic acids is 1. The van der Waals surface area contributed by atoms with Gasteiger partial charge in [0.15, 0.2) is 0 Å². The van der Waals surface area contributed by atoms with Crippen molar-refractivity contribution >= 4 is 45.6 Å². The summed E-state index contributed by atoms with van der Waals surface area (Å²) in [6.45, 7) is 0. The zero-order valence-electron chi connectivity index (χ0n) is 15.7. The molecule has 8 heteroatoms. The average molecular weight is 425 g/mol. The summed E-state index contributed by atoms with van der Waals surface area (Å²) in [4.78, 5) is 31.5. The quantitative estimate of drug-likeness (QED) is 0.538. The molecular weight excluding hydrogens is 408 g/mol. The second-order valence-electron chi connectivity index (χ2n) is 6.69. The van der Waals surface area contributed by atoms with Gasteiger partial charge in [0.25, 0.3) is 0 Å². The largest absolute Gasteiger partial charge is 0.366 e. The zero-order chi connectivity index (χ0) is 20.7. The summed E-state index contributed by atoms with van der Waals surface area (Å²) in [7, 11) is 3.67. The molecule has 0 aliphatic rings. The molecule has 29 heavy (non-hydrogen) atoms. The molecule has 0 aliphatic heterocycles. The fraction of sp³-hybridized carbons (Fsp3) is 0.0952. The number of rotatable bonds is 4. The van der Waals surface area contributed by atoms with Gasteiger partial charge in [-0.15, -0.1) is 11.3 Å². The standard InChI is InChI=1S/C21H17ClN4O2S/c1-25(2)20-15-7-6-13(22)11-17(15)26(21(28)24-20)14-5-3-4-12(10-14)18-16(19(23)27)8-9-29-18/h3-11H,1-2H3,(H2,23,27). The fourth-order valence-corrected chi connectivity index (χ4v) is 4.35. The van der Waals surface area contributed by atoms with Gasteiger partial charge >= 0.3 is 5.69 Å². The van der Waals surface area contributed by atoms with E-state index in [9.17, 15) is 9.59 Å². The molecule has 0 saturated heterocycles. The van der Waals surface area contributed by atoms with E-state index in [0.717, 1.165) is 15.8 Å². The topological polar surface area (TPSA) is 81.2 Å². The molecule has 2 N–H and O–H groups in total. The van der Waals surface area contributed by atoms with Gasteiger partial charge in [-0.2, -0.15) is 4.98 Å². The van der Waals surface area contributed by atoms with Gasteiger partial charge in [0.2, 0.25) is 5.91 Å². The lowest BCUT2D eigenvalue weighted by Gasteiger charge is -2.17. The first kappa shape index (κ1) is 19.2. The van der Waals surface area contributed by atoms with Gasteiger partial charge in [0.1, 0.15) is 5.82 Å². The van der Waals surface area contributed by atoms with Crippen molar-refractivity contribution in [2.45, 2.75) is 0 Å². The summed E-state index contributed by atoms with van der Waals surface area (Å²) in [5, 5.41) is 3.14. The van der Waals surface area contributed by atoms with E-state index in [1.165, 1.54) is 15.9 Å². The number of hydrogen-bond acceptors (Lipinski definition) is 5. The van der Waals surface area contributed by atoms with Crippen molar-refractivity contribution in [3.63, 3.8) is 0 Å². The minimum Gasteiger partial charge on any atom is -0.366 e. The molecule has 6 nitrogen and oxygen atoms in total. The minimum atomic E-state index is -0.488. The van der Waals surface area contributed by atoms with Crippen LogP contribution in [0.1, 0.15) is 10.4 Å². The Morgan fingerprint density at radius 1 is 1.17 bits per heavy atom. The highest BCUT2D eigenvalue weighted by Gasteiger charge is 2.16. The Kier molecular flexibility index (Phi) is 4.86. The van der Waals surface area contributed by atoms with Crippen LogP contribution in [0.5, 0.6) is 0 Å². The number of carbonyl (C=O) groups is 1. The summed E-state index contributed by atoms with van der Waals surface area (Å²) >= 11 is 7.65. The number of hydrogen-bond donors (Lipinski definition) is 1. The van der Waals surface area contributed by atoms with Crippen molar-refractivity contribution < 1.29 is 4.79 Å². The number of aromatic nitrogens is 2. The van der Waals surface area contributed by atoms with Crippen LogP contribution in [0.4, 0.5) is 5.82 Å². The van der Waals surface area contributed by atoms with Crippen LogP contribution in [-0.4, -0.2) is 29.6 Å². The Morgan fingerprint density at radius 3 is 2.69 bits per heavy atom. The van der Waals surface area contributed by atoms with Crippen LogP contribution in [0.2, 0.25) is 5.02 Å². The molecule has 0 unspecified atom stereocenters. The SMILES string of the molecule is CN(C)c1nc(=O)n(-c2cccc(-c3sccc3C(N)=O)c2)c2cc(Cl)ccc12. The summed E-state index contributed by atoms with van der Waals surface area (Å²) in [5.41, 5.74) is 7.60. The van der Waals surface area contributed by atoms with Crippen LogP contribution in [0.15, 0.2) is 58.7 Å². The van der Waals surface area contributed by atoms with Crippen molar-refractivity contribution in [3.8, 4) is 16.1 Å². The van der Waals surface area contributed by atoms with E-state index in [4.69, 9.17) is 17.3 Å². The second-order valence-corrected chi connectivity index (χ2v) is 8.04. The smallest absolute Gasteiger partial charge is 0.354 e. The van der Waals surface area contributed by atoms with Crippen LogP contribution in [0.3, 0.4) is 0 Å². The molecule has 4 aromatic rings. The van der Waals surface area contributed by atoms with Gasteiger partial charge in [0.05, 0.1) is 16.8 Å². The predicted octanol–water partition coefficient (Wildman–Crippen LogP) is 3.93. The molecule has 146 valence electrons. The van der Waals surface area contributed by atoms with Gasteiger partial charge < -0.3 is 10.6 Å². The number of anilines is 1. The Morgan fingerprint density at radius 2 is 1.97 bits per heavy atom. The van der Waals surface area contributed by atoms with Crippen LogP contribution >= 0.6 is 22.9 Å². The van der Waals surface area contributed by atoms with Gasteiger partial charge in [-0.3, -0.25) is 9.36 Å². The van der Waals surface area contributed by atoms with Crippen LogP contribution in [0.25, 0.3) is 27.0 Å². The Bertz CT molecular complexity index is 1310. The molecule has 0 atom stereocenters. The predicted molar refractivity (Wildman–Crippen MR) is 119 cm³/mol. The monoisotopic (exact) mass is 424 g/mol. The summed E-state index contributed by atoms with van der Waals surface area (Å²) in [5.74, 6) is 0.0846. The molecule has 0 fully saturated rings. The molecule has 2 aromatic heterocycles. The van der Waals surface area contributed by atoms with E-state index in [0.29, 0.717) is 27.6 Å². The van der Waals surface area contributed by atoms with Crippen molar-refractivity contribution in [3.05, 3.63) is 75.0 Å². The van der Waals surface area contributed by atoms with Crippen molar-refractivity contribution in [1.29, 1.82) is 0 Å². The molecule has 0 saturated carbocycles. The lowest BCUT2D eigenvalue weighted by atomic mass is 10.1. The molecule has 2 aromatic carbocycles. The summed E-state index contributed by atoms with van der Waals surface area (Å²) < 4.78 is 1.52. The number of thiophene rings is 1. The van der Waals surface area contributed by atoms with Gasteiger partial charge in [-0.25, -0.2) is 4.79 Å². The number of halogens is 1. The Balaban J connectivity index is 1.99. The third-order valence-electron chi connectivity index (χ3n) is 4.56. The summed E-state index contributed by atoms with van der Waals surface area (Å²) in [6, 6.07) is 14.4. The maximum Gasteiger partial charge on any atom is 0.354 e. The van der Waals surface area contributed by atoms with Crippen molar-refractivity contribution in [2.75, 3.05) is 19.0 Å². The van der Waals surface area contributed by atoms with Gasteiger partial charge in [0, 0.05) is 29.4 Å². The normalized spacial score (nSPS) is 11.0. The average Bonchev–Trinajstić information content (AvgIpc) is 3.17. The number of amides is 1. The Hall–Kier alpha value is -3.16. The molecule has 0 spiro atoms. The van der Waals surface area contributed by atoms with E-state index in [2.05, 4.69) is 4.98 Å². The highest BCUT2D eigenvalue weighted by atomic mass is 35.5. The summed E-state index contributed by atoms with van der Waals surface area (Å²) in [6.07, 6.45) is 0. The van der Waals surface area contributed by atoms with E-state index in [-0.39, 0.29) is 0 Å². The molecule has 1 amide bonds. The number of nitrogens with zero attached hydrogens (tertiary/aromatic N) is 3. The maximum atomic E-state index is 13.0. The number of benzene rings is 2. The van der Waals surface area contributed by atoms with E-state index < -0.39 is 11.6 Å². The molecule has 0 bridgehead atoms. The van der Waals surface area contributed by atoms with Crippen LogP contribution in [-0.2, 0) is 0 Å². The highest BCUT2D eigenvalue weighted by molar-refractivity contribution is 7.14. The molecular formula is C21H17ClN4O2S. The number of fused-ring (bicyclic) bond motifs is 1. The lowest BCUT2D eigenvalue weighted by molar-refractivity contribution is 0.100. The number of primary amides is 1. The molecule has 2 heterocycles. The van der Waals surface area contributed by atoms with E-state index >= 15 is 0 Å². The van der Waals surface area contributed by atoms with Crippen LogP contribution in [0, 0.1) is 0 Å². The first-order valence-corrected chi connectivity index (χ1v) is 10.0. The first-order valence-electron chi connectivity index (χ1n) is 8.74. The second kappa shape index (κ2) is 7.35. The molecule has 4 rings (SSSR count). The highest BCUT2D eigenvalue weighted by Crippen LogP contribution is 2.32. The maximum absolute atomic E-state index is 13.0. The van der Waals surface area contributed by atoms with E-state index in [1.807, 2.05) is 49.8 Å². The van der Waals surface area contributed by atoms with Gasteiger partial charge in [-0.1, -0.05) is 23.7 Å². The molecule has 0 radical (unpaired) electrons. The van der Waals surface area contributed by atoms with Crippen molar-refractivity contribution in [1.82, 2.24) is 9.55 Å². The number of nitrogens with two attached hydrogens (primary N) is 1. The molecule has 0 aliphatic carbocycles. The van der Waals surface area contributed by atoms with E-state index in [1.54, 1.807) is 23.1 Å². The lowest BCUT2D eigenvalue weighted by Crippen LogP contribution is -2.25. The fourth-order valence-electron chi connectivity index (χ4n) is 3.29. The Labute approximate surface area is 175 Å². The van der Waals surface area contributed by atoms with Gasteiger partial charge in [-0.05, 0) is 47.3 Å². The van der Waals surface area contributed by atoms with Crippen LogP contribution < -0.4 is 16.3 Å². The first-order chi connectivity index (χ1) is 13.9. The third-order valence-corrected chi connectivity index (χ3v) is 5.75. The minimum absolute atomic E-state index is 0.415. The van der Waals surface area contributed by atoms with Crippen molar-refractivity contribution in [2.24, 2.45) is 5.73 Å².